The largest absolute Gasteiger partial charge is 0.545 e. The van der Waals surface area contributed by atoms with E-state index in [1.54, 1.807) is 28.6 Å². The first-order valence-corrected chi connectivity index (χ1v) is 6.59. The van der Waals surface area contributed by atoms with Crippen LogP contribution in [0.25, 0.3) is 11.5 Å². The van der Waals surface area contributed by atoms with Crippen LogP contribution >= 0.6 is 0 Å². The molecule has 0 bridgehead atoms. The van der Waals surface area contributed by atoms with Crippen molar-refractivity contribution in [2.45, 2.75) is 13.8 Å². The summed E-state index contributed by atoms with van der Waals surface area (Å²) in [5, 5.41) is 15.8. The van der Waals surface area contributed by atoms with Gasteiger partial charge in [-0.1, -0.05) is 17.7 Å². The number of rotatable bonds is 3. The molecule has 0 fully saturated rings. The summed E-state index contributed by atoms with van der Waals surface area (Å²) in [4.78, 5) is 11.5. The van der Waals surface area contributed by atoms with Crippen molar-refractivity contribution in [1.82, 2.24) is 14.3 Å². The third kappa shape index (κ3) is 2.23. The Hall–Kier alpha value is -2.82. The van der Waals surface area contributed by atoms with Gasteiger partial charge in [-0.2, -0.15) is 5.10 Å². The highest BCUT2D eigenvalue weighted by atomic mass is 16.4. The first kappa shape index (κ1) is 13.2. The minimum Gasteiger partial charge on any atom is -0.545 e. The molecule has 0 saturated heterocycles. The molecule has 21 heavy (non-hydrogen) atoms. The molecule has 3 aromatic rings. The number of carbonyl (C=O) groups excluding carboxylic acids is 1. The maximum absolute atomic E-state index is 11.5. The summed E-state index contributed by atoms with van der Waals surface area (Å²) in [6, 6.07) is 11.4. The summed E-state index contributed by atoms with van der Waals surface area (Å²) < 4.78 is 3.35. The zero-order chi connectivity index (χ0) is 15.0. The van der Waals surface area contributed by atoms with Crippen LogP contribution in [0.15, 0.2) is 48.8 Å². The van der Waals surface area contributed by atoms with Gasteiger partial charge in [0, 0.05) is 12.4 Å². The number of aromatic carboxylic acids is 1. The summed E-state index contributed by atoms with van der Waals surface area (Å²) in [7, 11) is 0. The number of hydrogen-bond donors (Lipinski definition) is 0. The molecule has 0 N–H and O–H groups in total. The average molecular weight is 280 g/mol. The second-order valence-corrected chi connectivity index (χ2v) is 4.91. The van der Waals surface area contributed by atoms with E-state index in [-0.39, 0.29) is 5.56 Å². The minimum atomic E-state index is -1.23. The van der Waals surface area contributed by atoms with Crippen molar-refractivity contribution in [3.05, 3.63) is 65.6 Å². The lowest BCUT2D eigenvalue weighted by Gasteiger charge is -2.11. The lowest BCUT2D eigenvalue weighted by Crippen LogP contribution is -2.24. The van der Waals surface area contributed by atoms with E-state index in [1.807, 2.05) is 43.3 Å². The van der Waals surface area contributed by atoms with Gasteiger partial charge in [0.1, 0.15) is 5.82 Å². The van der Waals surface area contributed by atoms with Crippen molar-refractivity contribution in [3.63, 3.8) is 0 Å². The van der Waals surface area contributed by atoms with Gasteiger partial charge < -0.3 is 14.5 Å². The highest BCUT2D eigenvalue weighted by molar-refractivity contribution is 5.91. The molecule has 0 saturated carbocycles. The number of aryl methyl sites for hydroxylation is 2. The molecular weight excluding hydrogens is 266 g/mol. The van der Waals surface area contributed by atoms with Gasteiger partial charge >= 0.3 is 0 Å². The highest BCUT2D eigenvalue weighted by Gasteiger charge is 2.18. The van der Waals surface area contributed by atoms with Crippen LogP contribution in [-0.2, 0) is 0 Å². The lowest BCUT2D eigenvalue weighted by atomic mass is 10.2. The molecule has 0 spiro atoms. The average Bonchev–Trinajstić information content (AvgIpc) is 3.06. The first-order chi connectivity index (χ1) is 10.1. The van der Waals surface area contributed by atoms with Gasteiger partial charge in [0.2, 0.25) is 0 Å². The molecule has 0 unspecified atom stereocenters. The van der Waals surface area contributed by atoms with Gasteiger partial charge in [0.15, 0.2) is 0 Å². The number of benzene rings is 1. The van der Waals surface area contributed by atoms with E-state index in [9.17, 15) is 9.90 Å². The molecule has 3 rings (SSSR count). The number of carboxylic acid groups (broad SMARTS) is 1. The van der Waals surface area contributed by atoms with Crippen LogP contribution in [0.1, 0.15) is 21.6 Å². The van der Waals surface area contributed by atoms with Crippen molar-refractivity contribution >= 4 is 5.97 Å². The van der Waals surface area contributed by atoms with E-state index in [0.29, 0.717) is 11.5 Å². The zero-order valence-electron chi connectivity index (χ0n) is 11.8. The first-order valence-electron chi connectivity index (χ1n) is 6.59. The zero-order valence-corrected chi connectivity index (χ0v) is 11.8. The Morgan fingerprint density at radius 1 is 1.10 bits per heavy atom. The molecule has 5 nitrogen and oxygen atoms in total. The second-order valence-electron chi connectivity index (χ2n) is 4.91. The Labute approximate surface area is 122 Å². The van der Waals surface area contributed by atoms with Crippen LogP contribution in [-0.4, -0.2) is 20.3 Å². The Morgan fingerprint density at radius 2 is 1.71 bits per heavy atom. The van der Waals surface area contributed by atoms with Gasteiger partial charge in [0.05, 0.1) is 22.9 Å². The van der Waals surface area contributed by atoms with Gasteiger partial charge in [-0.3, -0.25) is 0 Å². The number of carbonyl (C=O) groups is 1. The summed E-state index contributed by atoms with van der Waals surface area (Å²) in [6.07, 6.45) is 3.57. The molecule has 0 aliphatic heterocycles. The van der Waals surface area contributed by atoms with Crippen LogP contribution in [0.4, 0.5) is 0 Å². The van der Waals surface area contributed by atoms with Crippen molar-refractivity contribution < 1.29 is 9.90 Å². The molecule has 0 atom stereocenters. The Balaban J connectivity index is 2.28. The molecule has 0 aliphatic rings. The van der Waals surface area contributed by atoms with Crippen molar-refractivity contribution in [2.75, 3.05) is 0 Å². The van der Waals surface area contributed by atoms with Gasteiger partial charge in [-0.15, -0.1) is 0 Å². The van der Waals surface area contributed by atoms with E-state index in [2.05, 4.69) is 5.10 Å². The summed E-state index contributed by atoms with van der Waals surface area (Å²) in [5.74, 6) is -0.754. The van der Waals surface area contributed by atoms with Crippen molar-refractivity contribution in [2.24, 2.45) is 0 Å². The monoisotopic (exact) mass is 280 g/mol. The molecule has 1 aromatic carbocycles. The maximum atomic E-state index is 11.5. The molecular formula is C16H14N3O2-. The normalized spacial score (nSPS) is 10.8. The Morgan fingerprint density at radius 3 is 2.29 bits per heavy atom. The minimum absolute atomic E-state index is 0.103. The van der Waals surface area contributed by atoms with E-state index in [1.165, 1.54) is 0 Å². The lowest BCUT2D eigenvalue weighted by molar-refractivity contribution is -0.255. The third-order valence-corrected chi connectivity index (χ3v) is 3.37. The van der Waals surface area contributed by atoms with Crippen molar-refractivity contribution in [1.29, 1.82) is 0 Å². The van der Waals surface area contributed by atoms with Crippen LogP contribution in [0, 0.1) is 13.8 Å². The summed E-state index contributed by atoms with van der Waals surface area (Å²) in [5.41, 5.74) is 2.47. The molecule has 0 radical (unpaired) electrons. The molecule has 2 heterocycles. The SMILES string of the molecule is Cc1ccc(-n2nc(C)c(C(=O)[O-])c2-n2cccc2)cc1. The smallest absolute Gasteiger partial charge is 0.149 e. The fourth-order valence-corrected chi connectivity index (χ4v) is 2.33. The highest BCUT2D eigenvalue weighted by Crippen LogP contribution is 2.22. The van der Waals surface area contributed by atoms with E-state index in [4.69, 9.17) is 0 Å². The van der Waals surface area contributed by atoms with Crippen LogP contribution in [0.3, 0.4) is 0 Å². The quantitative estimate of drug-likeness (QED) is 0.732. The van der Waals surface area contributed by atoms with Crippen LogP contribution in [0.2, 0.25) is 0 Å². The van der Waals surface area contributed by atoms with Gasteiger partial charge in [-0.05, 0) is 38.1 Å². The Bertz CT molecular complexity index is 784. The third-order valence-electron chi connectivity index (χ3n) is 3.37. The predicted octanol–water partition coefficient (Wildman–Crippen LogP) is 1.64. The maximum Gasteiger partial charge on any atom is 0.149 e. The van der Waals surface area contributed by atoms with Crippen LogP contribution < -0.4 is 5.11 Å². The summed E-state index contributed by atoms with van der Waals surface area (Å²) >= 11 is 0. The second kappa shape index (κ2) is 4.94. The van der Waals surface area contributed by atoms with Crippen LogP contribution in [0.5, 0.6) is 0 Å². The molecule has 106 valence electrons. The fourth-order valence-electron chi connectivity index (χ4n) is 2.33. The van der Waals surface area contributed by atoms with Gasteiger partial charge in [0.25, 0.3) is 0 Å². The van der Waals surface area contributed by atoms with E-state index < -0.39 is 5.97 Å². The molecule has 0 amide bonds. The molecule has 5 heteroatoms. The Kier molecular flexibility index (Phi) is 3.10. The van der Waals surface area contributed by atoms with Crippen molar-refractivity contribution in [3.8, 4) is 11.5 Å². The van der Waals surface area contributed by atoms with E-state index >= 15 is 0 Å². The standard InChI is InChI=1S/C16H15N3O2/c1-11-5-7-13(8-6-11)19-15(18-9-3-4-10-18)14(16(20)21)12(2)17-19/h3-10H,1-2H3,(H,20,21)/p-1. The fraction of sp³-hybridized carbons (Fsp3) is 0.125. The number of aromatic nitrogens is 3. The number of nitrogens with zero attached hydrogens (tertiary/aromatic N) is 3. The van der Waals surface area contributed by atoms with E-state index in [0.717, 1.165) is 11.3 Å². The number of hydrogen-bond acceptors (Lipinski definition) is 3. The summed E-state index contributed by atoms with van der Waals surface area (Å²) in [6.45, 7) is 3.67. The molecule has 2 aromatic heterocycles. The number of carboxylic acids is 1. The van der Waals surface area contributed by atoms with Gasteiger partial charge in [-0.25, -0.2) is 4.68 Å². The predicted molar refractivity (Wildman–Crippen MR) is 76.7 cm³/mol. The molecule has 0 aliphatic carbocycles. The topological polar surface area (TPSA) is 62.9 Å².